The first-order valence-corrected chi connectivity index (χ1v) is 5.79. The summed E-state index contributed by atoms with van der Waals surface area (Å²) in [5.74, 6) is -0.621. The highest BCUT2D eigenvalue weighted by Gasteiger charge is 2.35. The number of alkyl halides is 3. The first-order chi connectivity index (χ1) is 8.55. The average Bonchev–Trinajstić information content (AvgIpc) is 2.27. The van der Waals surface area contributed by atoms with E-state index in [0.717, 1.165) is 6.07 Å². The van der Waals surface area contributed by atoms with Crippen molar-refractivity contribution in [2.75, 3.05) is 0 Å². The van der Waals surface area contributed by atoms with Gasteiger partial charge in [0.1, 0.15) is 0 Å². The number of nitrogens with two attached hydrogens (primary N) is 1. The Hall–Kier alpha value is -1.56. The molecule has 0 aromatic heterocycles. The Morgan fingerprint density at radius 2 is 1.79 bits per heavy atom. The van der Waals surface area contributed by atoms with E-state index >= 15 is 0 Å². The molecule has 6 heteroatoms. The van der Waals surface area contributed by atoms with E-state index in [0.29, 0.717) is 0 Å². The minimum Gasteiger partial charge on any atom is -0.368 e. The average molecular weight is 274 g/mol. The van der Waals surface area contributed by atoms with Crippen molar-refractivity contribution in [1.82, 2.24) is 5.32 Å². The quantitative estimate of drug-likeness (QED) is 0.886. The summed E-state index contributed by atoms with van der Waals surface area (Å²) in [4.78, 5) is 11.2. The molecule has 1 aromatic rings. The maximum atomic E-state index is 12.9. The van der Waals surface area contributed by atoms with Gasteiger partial charge in [-0.25, -0.2) is 0 Å². The summed E-state index contributed by atoms with van der Waals surface area (Å²) in [6.45, 7) is 4.62. The normalized spacial score (nSPS) is 14.2. The predicted octanol–water partition coefficient (Wildman–Crippen LogP) is 2.62. The van der Waals surface area contributed by atoms with Crippen molar-refractivity contribution in [3.05, 3.63) is 35.4 Å². The third-order valence-corrected chi connectivity index (χ3v) is 2.93. The number of carbonyl (C=O) groups is 1. The van der Waals surface area contributed by atoms with Crippen LogP contribution in [0.2, 0.25) is 0 Å². The number of amides is 1. The van der Waals surface area contributed by atoms with Crippen molar-refractivity contribution < 1.29 is 18.0 Å². The second-order valence-corrected chi connectivity index (χ2v) is 4.94. The molecule has 1 amide bonds. The Bertz CT molecular complexity index is 469. The summed E-state index contributed by atoms with van der Waals surface area (Å²) in [6.07, 6.45) is -4.43. The molecule has 0 radical (unpaired) electrons. The molecule has 1 rings (SSSR count). The number of carbonyl (C=O) groups excluding carboxylic acids is 1. The van der Waals surface area contributed by atoms with Gasteiger partial charge in [-0.1, -0.05) is 18.2 Å². The standard InChI is InChI=1S/C13H17F3N2O/c1-8(18-12(2,3)11(17)19)9-6-4-5-7-10(9)13(14,15)16/h4-8,18H,1-3H3,(H2,17,19). The van der Waals surface area contributed by atoms with E-state index in [4.69, 9.17) is 5.73 Å². The van der Waals surface area contributed by atoms with E-state index < -0.39 is 29.2 Å². The lowest BCUT2D eigenvalue weighted by Crippen LogP contribution is -2.51. The number of nitrogens with one attached hydrogen (secondary N) is 1. The van der Waals surface area contributed by atoms with Crippen LogP contribution in [0.5, 0.6) is 0 Å². The van der Waals surface area contributed by atoms with E-state index in [-0.39, 0.29) is 5.56 Å². The van der Waals surface area contributed by atoms with Crippen LogP contribution in [0.3, 0.4) is 0 Å². The van der Waals surface area contributed by atoms with Gasteiger partial charge in [-0.15, -0.1) is 0 Å². The van der Waals surface area contributed by atoms with Gasteiger partial charge in [-0.05, 0) is 32.4 Å². The van der Waals surface area contributed by atoms with Crippen LogP contribution in [0.25, 0.3) is 0 Å². The first kappa shape index (κ1) is 15.5. The van der Waals surface area contributed by atoms with Gasteiger partial charge in [0.2, 0.25) is 5.91 Å². The zero-order valence-electron chi connectivity index (χ0n) is 11.0. The molecule has 0 saturated heterocycles. The second-order valence-electron chi connectivity index (χ2n) is 4.94. The van der Waals surface area contributed by atoms with Crippen LogP contribution in [0.15, 0.2) is 24.3 Å². The molecule has 1 unspecified atom stereocenters. The highest BCUT2D eigenvalue weighted by molar-refractivity contribution is 5.83. The summed E-state index contributed by atoms with van der Waals surface area (Å²) >= 11 is 0. The van der Waals surface area contributed by atoms with Crippen LogP contribution < -0.4 is 11.1 Å². The lowest BCUT2D eigenvalue weighted by atomic mass is 9.97. The first-order valence-electron chi connectivity index (χ1n) is 5.79. The number of hydrogen-bond donors (Lipinski definition) is 2. The lowest BCUT2D eigenvalue weighted by Gasteiger charge is -2.28. The fraction of sp³-hybridized carbons (Fsp3) is 0.462. The van der Waals surface area contributed by atoms with Gasteiger partial charge in [0, 0.05) is 6.04 Å². The Labute approximate surface area is 110 Å². The van der Waals surface area contributed by atoms with Crippen molar-refractivity contribution in [3.8, 4) is 0 Å². The van der Waals surface area contributed by atoms with Gasteiger partial charge in [0.25, 0.3) is 0 Å². The summed E-state index contributed by atoms with van der Waals surface area (Å²) in [6, 6.07) is 4.61. The second kappa shape index (κ2) is 5.21. The molecule has 106 valence electrons. The molecule has 3 N–H and O–H groups in total. The van der Waals surface area contributed by atoms with Crippen LogP contribution in [-0.2, 0) is 11.0 Å². The molecule has 0 aliphatic carbocycles. The van der Waals surface area contributed by atoms with Crippen LogP contribution >= 0.6 is 0 Å². The predicted molar refractivity (Wildman–Crippen MR) is 66.3 cm³/mol. The Kier molecular flexibility index (Phi) is 4.25. The molecule has 0 aliphatic heterocycles. The van der Waals surface area contributed by atoms with Crippen molar-refractivity contribution >= 4 is 5.91 Å². The largest absolute Gasteiger partial charge is 0.416 e. The highest BCUT2D eigenvalue weighted by Crippen LogP contribution is 2.34. The molecule has 0 fully saturated rings. The minimum absolute atomic E-state index is 0.0873. The molecule has 3 nitrogen and oxygen atoms in total. The lowest BCUT2D eigenvalue weighted by molar-refractivity contribution is -0.138. The molecular weight excluding hydrogens is 257 g/mol. The zero-order valence-corrected chi connectivity index (χ0v) is 11.0. The van der Waals surface area contributed by atoms with Gasteiger partial charge in [0.15, 0.2) is 0 Å². The monoisotopic (exact) mass is 274 g/mol. The zero-order chi connectivity index (χ0) is 14.8. The highest BCUT2D eigenvalue weighted by atomic mass is 19.4. The van der Waals surface area contributed by atoms with Gasteiger partial charge < -0.3 is 5.73 Å². The van der Waals surface area contributed by atoms with Crippen LogP contribution in [0, 0.1) is 0 Å². The SMILES string of the molecule is CC(NC(C)(C)C(N)=O)c1ccccc1C(F)(F)F. The van der Waals surface area contributed by atoms with Crippen molar-refractivity contribution in [2.24, 2.45) is 5.73 Å². The van der Waals surface area contributed by atoms with Crippen molar-refractivity contribution in [1.29, 1.82) is 0 Å². The Balaban J connectivity index is 3.08. The number of primary amides is 1. The summed E-state index contributed by atoms with van der Waals surface area (Å²) in [7, 11) is 0. The maximum absolute atomic E-state index is 12.9. The molecule has 19 heavy (non-hydrogen) atoms. The topological polar surface area (TPSA) is 55.1 Å². The van der Waals surface area contributed by atoms with Crippen LogP contribution in [0.4, 0.5) is 13.2 Å². The summed E-state index contributed by atoms with van der Waals surface area (Å²) < 4.78 is 38.6. The Morgan fingerprint density at radius 1 is 1.26 bits per heavy atom. The Morgan fingerprint density at radius 3 is 2.26 bits per heavy atom. The van der Waals surface area contributed by atoms with Gasteiger partial charge in [-0.2, -0.15) is 13.2 Å². The molecule has 1 atom stereocenters. The third kappa shape index (κ3) is 3.70. The van der Waals surface area contributed by atoms with Crippen LogP contribution in [0.1, 0.15) is 37.9 Å². The van der Waals surface area contributed by atoms with Crippen molar-refractivity contribution in [2.45, 2.75) is 38.5 Å². The molecule has 0 aliphatic rings. The maximum Gasteiger partial charge on any atom is 0.416 e. The minimum atomic E-state index is -4.43. The molecule has 1 aromatic carbocycles. The molecule has 0 saturated carbocycles. The van der Waals surface area contributed by atoms with Gasteiger partial charge in [0.05, 0.1) is 11.1 Å². The summed E-state index contributed by atoms with van der Waals surface area (Å²) in [5.41, 5.74) is 3.49. The summed E-state index contributed by atoms with van der Waals surface area (Å²) in [5, 5.41) is 2.81. The number of halogens is 3. The van der Waals surface area contributed by atoms with Crippen molar-refractivity contribution in [3.63, 3.8) is 0 Å². The van der Waals surface area contributed by atoms with Gasteiger partial charge in [-0.3, -0.25) is 10.1 Å². The van der Waals surface area contributed by atoms with E-state index in [1.807, 2.05) is 0 Å². The van der Waals surface area contributed by atoms with Crippen LogP contribution in [-0.4, -0.2) is 11.4 Å². The third-order valence-electron chi connectivity index (χ3n) is 2.93. The number of benzene rings is 1. The fourth-order valence-corrected chi connectivity index (χ4v) is 1.82. The number of rotatable bonds is 4. The van der Waals surface area contributed by atoms with E-state index in [1.54, 1.807) is 6.92 Å². The molecule has 0 bridgehead atoms. The molecule has 0 heterocycles. The van der Waals surface area contributed by atoms with E-state index in [2.05, 4.69) is 5.32 Å². The smallest absolute Gasteiger partial charge is 0.368 e. The molecular formula is C13H17F3N2O. The number of hydrogen-bond acceptors (Lipinski definition) is 2. The van der Waals surface area contributed by atoms with Gasteiger partial charge >= 0.3 is 6.18 Å². The fourth-order valence-electron chi connectivity index (χ4n) is 1.82. The molecule has 0 spiro atoms. The van der Waals surface area contributed by atoms with E-state index in [1.165, 1.54) is 32.0 Å². The van der Waals surface area contributed by atoms with E-state index in [9.17, 15) is 18.0 Å².